The highest BCUT2D eigenvalue weighted by atomic mass is 15.2. The molecule has 0 aliphatic carbocycles. The van der Waals surface area contributed by atoms with Gasteiger partial charge in [-0.25, -0.2) is 15.0 Å². The van der Waals surface area contributed by atoms with Crippen LogP contribution in [0.3, 0.4) is 0 Å². The first-order valence-electron chi connectivity index (χ1n) is 8.80. The molecule has 132 valence electrons. The van der Waals surface area contributed by atoms with Crippen LogP contribution in [0, 0.1) is 6.92 Å². The first-order valence-corrected chi connectivity index (χ1v) is 8.80. The van der Waals surface area contributed by atoms with E-state index in [9.17, 15) is 0 Å². The summed E-state index contributed by atoms with van der Waals surface area (Å²) in [5.74, 6) is 1.25. The fraction of sp³-hybridized carbons (Fsp3) is 0.421. The van der Waals surface area contributed by atoms with Crippen LogP contribution in [0.1, 0.15) is 29.9 Å². The zero-order valence-electron chi connectivity index (χ0n) is 14.7. The Kier molecular flexibility index (Phi) is 5.95. The second kappa shape index (κ2) is 8.58. The fourth-order valence-corrected chi connectivity index (χ4v) is 3.09. The number of rotatable bonds is 5. The van der Waals surface area contributed by atoms with Gasteiger partial charge in [-0.3, -0.25) is 4.90 Å². The smallest absolute Gasteiger partial charge is 0.189 e. The summed E-state index contributed by atoms with van der Waals surface area (Å²) in [7, 11) is 0. The van der Waals surface area contributed by atoms with Crippen molar-refractivity contribution in [3.8, 4) is 0 Å². The third-order valence-corrected chi connectivity index (χ3v) is 4.43. The topological polar surface area (TPSA) is 79.4 Å². The van der Waals surface area contributed by atoms with E-state index in [1.807, 2.05) is 13.0 Å². The van der Waals surface area contributed by atoms with E-state index >= 15 is 0 Å². The Balaban J connectivity index is 1.43. The second-order valence-corrected chi connectivity index (χ2v) is 6.48. The molecule has 6 nitrogen and oxygen atoms in total. The van der Waals surface area contributed by atoms with Crippen molar-refractivity contribution >= 4 is 5.96 Å². The van der Waals surface area contributed by atoms with Crippen molar-refractivity contribution in [2.24, 2.45) is 10.7 Å². The Labute approximate surface area is 149 Å². The standard InChI is InChI=1S/C19H26N6/c1-15-21-10-7-18(23-15)13-22-19(20)24-17-8-11-25(12-9-17)14-16-5-3-2-4-6-16/h2-7,10,17H,8-9,11-14H2,1H3,(H3,20,22,24). The van der Waals surface area contributed by atoms with Crippen molar-refractivity contribution in [1.29, 1.82) is 0 Å². The summed E-state index contributed by atoms with van der Waals surface area (Å²) in [5, 5.41) is 3.35. The molecule has 6 heteroatoms. The maximum absolute atomic E-state index is 6.03. The van der Waals surface area contributed by atoms with Gasteiger partial charge in [0.1, 0.15) is 5.82 Å². The van der Waals surface area contributed by atoms with E-state index in [0.29, 0.717) is 18.5 Å². The summed E-state index contributed by atoms with van der Waals surface area (Å²) in [6.45, 7) is 5.52. The minimum absolute atomic E-state index is 0.392. The SMILES string of the molecule is Cc1nccc(CN=C(N)NC2CCN(Cc3ccccc3)CC2)n1. The van der Waals surface area contributed by atoms with Gasteiger partial charge in [-0.1, -0.05) is 30.3 Å². The molecule has 3 N–H and O–H groups in total. The average Bonchev–Trinajstić information content (AvgIpc) is 2.63. The molecule has 0 unspecified atom stereocenters. The molecule has 0 radical (unpaired) electrons. The number of hydrogen-bond donors (Lipinski definition) is 2. The van der Waals surface area contributed by atoms with E-state index in [-0.39, 0.29) is 0 Å². The molecule has 1 saturated heterocycles. The molecular weight excluding hydrogens is 312 g/mol. The number of nitrogens with zero attached hydrogens (tertiary/aromatic N) is 4. The second-order valence-electron chi connectivity index (χ2n) is 6.48. The number of aliphatic imine (C=N–C) groups is 1. The third kappa shape index (κ3) is 5.53. The highest BCUT2D eigenvalue weighted by molar-refractivity contribution is 5.78. The Morgan fingerprint density at radius 2 is 2.00 bits per heavy atom. The number of hydrogen-bond acceptors (Lipinski definition) is 4. The maximum Gasteiger partial charge on any atom is 0.189 e. The highest BCUT2D eigenvalue weighted by Gasteiger charge is 2.19. The van der Waals surface area contributed by atoms with Crippen molar-refractivity contribution in [1.82, 2.24) is 20.2 Å². The van der Waals surface area contributed by atoms with Gasteiger partial charge in [0.25, 0.3) is 0 Å². The Morgan fingerprint density at radius 3 is 2.72 bits per heavy atom. The van der Waals surface area contributed by atoms with E-state index < -0.39 is 0 Å². The van der Waals surface area contributed by atoms with E-state index in [4.69, 9.17) is 5.73 Å². The molecule has 0 atom stereocenters. The largest absolute Gasteiger partial charge is 0.370 e. The summed E-state index contributed by atoms with van der Waals surface area (Å²) in [6, 6.07) is 12.9. The van der Waals surface area contributed by atoms with Crippen LogP contribution in [0.2, 0.25) is 0 Å². The van der Waals surface area contributed by atoms with Crippen LogP contribution in [0.15, 0.2) is 47.6 Å². The van der Waals surface area contributed by atoms with Gasteiger partial charge in [0, 0.05) is 31.9 Å². The molecule has 1 aromatic carbocycles. The van der Waals surface area contributed by atoms with Crippen LogP contribution in [0.25, 0.3) is 0 Å². The first-order chi connectivity index (χ1) is 12.2. The third-order valence-electron chi connectivity index (χ3n) is 4.43. The summed E-state index contributed by atoms with van der Waals surface area (Å²) in [5.41, 5.74) is 8.29. The molecule has 0 saturated carbocycles. The van der Waals surface area contributed by atoms with Crippen LogP contribution in [-0.2, 0) is 13.1 Å². The molecule has 3 rings (SSSR count). The molecular formula is C19H26N6. The summed E-state index contributed by atoms with van der Waals surface area (Å²) >= 11 is 0. The van der Waals surface area contributed by atoms with E-state index in [2.05, 4.69) is 55.5 Å². The molecule has 1 aliphatic heterocycles. The number of likely N-dealkylation sites (tertiary alicyclic amines) is 1. The molecule has 2 aromatic rings. The minimum atomic E-state index is 0.392. The normalized spacial score (nSPS) is 16.8. The van der Waals surface area contributed by atoms with Crippen molar-refractivity contribution in [3.63, 3.8) is 0 Å². The summed E-state index contributed by atoms with van der Waals surface area (Å²) < 4.78 is 0. The van der Waals surface area contributed by atoms with Gasteiger partial charge in [-0.05, 0) is 31.4 Å². The van der Waals surface area contributed by atoms with Gasteiger partial charge < -0.3 is 11.1 Å². The summed E-state index contributed by atoms with van der Waals surface area (Å²) in [4.78, 5) is 15.3. The molecule has 0 bridgehead atoms. The van der Waals surface area contributed by atoms with Crippen LogP contribution in [0.5, 0.6) is 0 Å². The zero-order chi connectivity index (χ0) is 17.5. The lowest BCUT2D eigenvalue weighted by atomic mass is 10.0. The lowest BCUT2D eigenvalue weighted by Crippen LogP contribution is -2.46. The zero-order valence-corrected chi connectivity index (χ0v) is 14.7. The maximum atomic E-state index is 6.03. The molecule has 1 fully saturated rings. The van der Waals surface area contributed by atoms with E-state index in [1.54, 1.807) is 6.20 Å². The first kappa shape index (κ1) is 17.4. The number of aromatic nitrogens is 2. The van der Waals surface area contributed by atoms with Gasteiger partial charge >= 0.3 is 0 Å². The number of aryl methyl sites for hydroxylation is 1. The Morgan fingerprint density at radius 1 is 1.24 bits per heavy atom. The average molecular weight is 338 g/mol. The van der Waals surface area contributed by atoms with E-state index in [1.165, 1.54) is 5.56 Å². The molecule has 1 aliphatic rings. The molecule has 25 heavy (non-hydrogen) atoms. The molecule has 0 amide bonds. The van der Waals surface area contributed by atoms with Gasteiger partial charge in [-0.2, -0.15) is 0 Å². The van der Waals surface area contributed by atoms with Crippen LogP contribution >= 0.6 is 0 Å². The van der Waals surface area contributed by atoms with Crippen LogP contribution in [-0.4, -0.2) is 40.0 Å². The Bertz CT molecular complexity index is 692. The number of nitrogens with one attached hydrogen (secondary N) is 1. The number of benzene rings is 1. The summed E-state index contributed by atoms with van der Waals surface area (Å²) in [6.07, 6.45) is 3.91. The predicted molar refractivity (Wildman–Crippen MR) is 100.0 cm³/mol. The molecule has 2 heterocycles. The highest BCUT2D eigenvalue weighted by Crippen LogP contribution is 2.13. The van der Waals surface area contributed by atoms with Gasteiger partial charge in [0.15, 0.2) is 5.96 Å². The van der Waals surface area contributed by atoms with Crippen molar-refractivity contribution in [2.45, 2.75) is 38.9 Å². The van der Waals surface area contributed by atoms with Crippen LogP contribution < -0.4 is 11.1 Å². The van der Waals surface area contributed by atoms with Gasteiger partial charge in [-0.15, -0.1) is 0 Å². The predicted octanol–water partition coefficient (Wildman–Crippen LogP) is 1.85. The van der Waals surface area contributed by atoms with Crippen molar-refractivity contribution < 1.29 is 0 Å². The number of nitrogens with two attached hydrogens (primary N) is 1. The van der Waals surface area contributed by atoms with Gasteiger partial charge in [0.05, 0.1) is 12.2 Å². The monoisotopic (exact) mass is 338 g/mol. The Hall–Kier alpha value is -2.47. The number of piperidine rings is 1. The van der Waals surface area contributed by atoms with Crippen molar-refractivity contribution in [3.05, 3.63) is 59.7 Å². The van der Waals surface area contributed by atoms with Crippen LogP contribution in [0.4, 0.5) is 0 Å². The van der Waals surface area contributed by atoms with E-state index in [0.717, 1.165) is 44.0 Å². The molecule has 0 spiro atoms. The number of guanidine groups is 1. The molecule has 1 aromatic heterocycles. The quantitative estimate of drug-likeness (QED) is 0.642. The minimum Gasteiger partial charge on any atom is -0.370 e. The fourth-order valence-electron chi connectivity index (χ4n) is 3.09. The lowest BCUT2D eigenvalue weighted by molar-refractivity contribution is 0.199. The lowest BCUT2D eigenvalue weighted by Gasteiger charge is -2.32. The van der Waals surface area contributed by atoms with Crippen molar-refractivity contribution in [2.75, 3.05) is 13.1 Å². The van der Waals surface area contributed by atoms with Gasteiger partial charge in [0.2, 0.25) is 0 Å².